The number of nitrogens with one attached hydrogen (secondary N) is 2. The topological polar surface area (TPSA) is 41.9 Å². The van der Waals surface area contributed by atoms with Crippen molar-refractivity contribution < 1.29 is 13.2 Å². The molecule has 1 saturated carbocycles. The summed E-state index contributed by atoms with van der Waals surface area (Å²) >= 11 is 5.31. The summed E-state index contributed by atoms with van der Waals surface area (Å²) in [7, 11) is 0. The zero-order valence-corrected chi connectivity index (χ0v) is 16.0. The second kappa shape index (κ2) is 8.29. The van der Waals surface area contributed by atoms with Crippen molar-refractivity contribution >= 4 is 23.0 Å². The molecule has 27 heavy (non-hydrogen) atoms. The number of rotatable bonds is 7. The first-order valence-corrected chi connectivity index (χ1v) is 9.57. The smallest absolute Gasteiger partial charge is 0.362 e. The summed E-state index contributed by atoms with van der Waals surface area (Å²) in [6, 6.07) is 9.13. The Labute approximate surface area is 162 Å². The van der Waals surface area contributed by atoms with Gasteiger partial charge in [0.2, 0.25) is 0 Å². The zero-order chi connectivity index (χ0) is 19.4. The Morgan fingerprint density at radius 1 is 1.30 bits per heavy atom. The first kappa shape index (κ1) is 19.7. The van der Waals surface area contributed by atoms with E-state index in [1.165, 1.54) is 16.3 Å². The minimum atomic E-state index is -4.40. The lowest BCUT2D eigenvalue weighted by molar-refractivity contribution is -0.141. The quantitative estimate of drug-likeness (QED) is 0.525. The third kappa shape index (κ3) is 5.22. The van der Waals surface area contributed by atoms with Gasteiger partial charge in [0, 0.05) is 30.4 Å². The summed E-state index contributed by atoms with van der Waals surface area (Å²) in [5.41, 5.74) is 2.04. The summed E-state index contributed by atoms with van der Waals surface area (Å²) in [5.74, 6) is 0.217. The van der Waals surface area contributed by atoms with Crippen molar-refractivity contribution in [3.63, 3.8) is 0 Å². The molecule has 1 aliphatic carbocycles. The van der Waals surface area contributed by atoms with Gasteiger partial charge < -0.3 is 10.6 Å². The fraction of sp³-hybridized carbons (Fsp3) is 0.474. The first-order valence-electron chi connectivity index (χ1n) is 9.16. The predicted molar refractivity (Wildman–Crippen MR) is 104 cm³/mol. The fourth-order valence-corrected chi connectivity index (χ4v) is 3.22. The molecule has 1 aliphatic rings. The van der Waals surface area contributed by atoms with Crippen LogP contribution in [0, 0.1) is 0 Å². The minimum absolute atomic E-state index is 0.217. The van der Waals surface area contributed by atoms with Gasteiger partial charge in [0.25, 0.3) is 0 Å². The van der Waals surface area contributed by atoms with Crippen LogP contribution in [0.5, 0.6) is 0 Å². The number of aryl methyl sites for hydroxylation is 2. The van der Waals surface area contributed by atoms with Crippen LogP contribution in [0.15, 0.2) is 30.3 Å². The molecule has 0 saturated heterocycles. The van der Waals surface area contributed by atoms with Gasteiger partial charge >= 0.3 is 6.18 Å². The van der Waals surface area contributed by atoms with Gasteiger partial charge in [-0.2, -0.15) is 18.3 Å². The van der Waals surface area contributed by atoms with Crippen LogP contribution in [-0.2, 0) is 19.1 Å². The number of nitrogens with zero attached hydrogens (tertiary/aromatic N) is 2. The fourth-order valence-electron chi connectivity index (χ4n) is 3.00. The van der Waals surface area contributed by atoms with E-state index in [0.29, 0.717) is 30.3 Å². The highest BCUT2D eigenvalue weighted by Gasteiger charge is 2.37. The molecular formula is C19H23F3N4S. The number of para-hydroxylation sites is 1. The highest BCUT2D eigenvalue weighted by Crippen LogP contribution is 2.42. The molecule has 1 heterocycles. The third-order valence-corrected chi connectivity index (χ3v) is 4.82. The molecule has 0 spiro atoms. The highest BCUT2D eigenvalue weighted by atomic mass is 32.1. The van der Waals surface area contributed by atoms with E-state index < -0.39 is 11.9 Å². The number of aromatic nitrogens is 2. The second-order valence-corrected chi connectivity index (χ2v) is 7.10. The van der Waals surface area contributed by atoms with Crippen LogP contribution in [0.3, 0.4) is 0 Å². The van der Waals surface area contributed by atoms with Crippen molar-refractivity contribution in [2.24, 2.45) is 0 Å². The van der Waals surface area contributed by atoms with E-state index in [0.717, 1.165) is 24.9 Å². The first-order chi connectivity index (χ1) is 12.9. The number of hydrogen-bond acceptors (Lipinski definition) is 2. The SMILES string of the molecule is CCc1ccccc1NC(=S)NCCCn1nc(C(F)(F)F)cc1C1CC1. The van der Waals surface area contributed by atoms with Crippen molar-refractivity contribution in [3.8, 4) is 0 Å². The maximum atomic E-state index is 12.9. The molecule has 0 amide bonds. The minimum Gasteiger partial charge on any atom is -0.362 e. The van der Waals surface area contributed by atoms with E-state index in [9.17, 15) is 13.2 Å². The van der Waals surface area contributed by atoms with Crippen LogP contribution in [0.4, 0.5) is 18.9 Å². The molecule has 0 radical (unpaired) electrons. The lowest BCUT2D eigenvalue weighted by atomic mass is 10.1. The van der Waals surface area contributed by atoms with Crippen LogP contribution in [0.2, 0.25) is 0 Å². The third-order valence-electron chi connectivity index (χ3n) is 4.58. The van der Waals surface area contributed by atoms with Gasteiger partial charge in [-0.3, -0.25) is 4.68 Å². The zero-order valence-electron chi connectivity index (χ0n) is 15.1. The van der Waals surface area contributed by atoms with Crippen molar-refractivity contribution in [2.75, 3.05) is 11.9 Å². The van der Waals surface area contributed by atoms with Crippen molar-refractivity contribution in [3.05, 3.63) is 47.3 Å². The maximum absolute atomic E-state index is 12.9. The van der Waals surface area contributed by atoms with Gasteiger partial charge in [-0.15, -0.1) is 0 Å². The molecule has 4 nitrogen and oxygen atoms in total. The molecule has 3 rings (SSSR count). The number of alkyl halides is 3. The van der Waals surface area contributed by atoms with Crippen molar-refractivity contribution in [1.29, 1.82) is 0 Å². The molecule has 8 heteroatoms. The summed E-state index contributed by atoms with van der Waals surface area (Å²) in [4.78, 5) is 0. The Bertz CT molecular complexity index is 796. The number of benzene rings is 1. The van der Waals surface area contributed by atoms with E-state index in [4.69, 9.17) is 12.2 Å². The summed E-state index contributed by atoms with van der Waals surface area (Å²) in [5, 5.41) is 10.6. The normalized spacial score (nSPS) is 14.2. The molecule has 0 atom stereocenters. The van der Waals surface area contributed by atoms with Gasteiger partial charge in [-0.1, -0.05) is 25.1 Å². The molecule has 1 aromatic heterocycles. The number of thiocarbonyl (C=S) groups is 1. The van der Waals surface area contributed by atoms with Crippen LogP contribution in [0.1, 0.15) is 49.1 Å². The van der Waals surface area contributed by atoms with Gasteiger partial charge in [0.1, 0.15) is 0 Å². The number of halogens is 3. The molecule has 0 unspecified atom stereocenters. The number of anilines is 1. The second-order valence-electron chi connectivity index (χ2n) is 6.69. The van der Waals surface area contributed by atoms with Crippen LogP contribution < -0.4 is 10.6 Å². The average molecular weight is 396 g/mol. The highest BCUT2D eigenvalue weighted by molar-refractivity contribution is 7.80. The molecule has 1 fully saturated rings. The molecule has 2 aromatic rings. The summed E-state index contributed by atoms with van der Waals surface area (Å²) in [6.45, 7) is 3.07. The molecule has 2 N–H and O–H groups in total. The molecule has 146 valence electrons. The van der Waals surface area contributed by atoms with E-state index in [1.807, 2.05) is 24.3 Å². The maximum Gasteiger partial charge on any atom is 0.435 e. The predicted octanol–water partition coefficient (Wildman–Crippen LogP) is 4.72. The monoisotopic (exact) mass is 396 g/mol. The van der Waals surface area contributed by atoms with Gasteiger partial charge in [0.15, 0.2) is 10.8 Å². The summed E-state index contributed by atoms with van der Waals surface area (Å²) < 4.78 is 40.2. The van der Waals surface area contributed by atoms with Gasteiger partial charge in [-0.25, -0.2) is 0 Å². The Hall–Kier alpha value is -2.09. The van der Waals surface area contributed by atoms with Gasteiger partial charge in [-0.05, 0) is 55.6 Å². The number of hydrogen-bond donors (Lipinski definition) is 2. The Morgan fingerprint density at radius 3 is 2.70 bits per heavy atom. The van der Waals surface area contributed by atoms with Crippen molar-refractivity contribution in [1.82, 2.24) is 15.1 Å². The largest absolute Gasteiger partial charge is 0.435 e. The van der Waals surface area contributed by atoms with Crippen LogP contribution in [0.25, 0.3) is 0 Å². The average Bonchev–Trinajstić information content (AvgIpc) is 3.37. The van der Waals surface area contributed by atoms with E-state index in [-0.39, 0.29) is 5.92 Å². The Kier molecular flexibility index (Phi) is 6.04. The van der Waals surface area contributed by atoms with Gasteiger partial charge in [0.05, 0.1) is 0 Å². The standard InChI is InChI=1S/C19H23F3N4S/c1-2-13-6-3-4-7-15(13)24-18(27)23-10-5-11-26-16(14-8-9-14)12-17(25-26)19(20,21)22/h3-4,6-7,12,14H,2,5,8-11H2,1H3,(H2,23,24,27). The van der Waals surface area contributed by atoms with E-state index in [1.54, 1.807) is 0 Å². The molecular weight excluding hydrogens is 373 g/mol. The Morgan fingerprint density at radius 2 is 2.04 bits per heavy atom. The lowest BCUT2D eigenvalue weighted by Crippen LogP contribution is -2.30. The Balaban J connectivity index is 1.50. The van der Waals surface area contributed by atoms with Crippen LogP contribution >= 0.6 is 12.2 Å². The van der Waals surface area contributed by atoms with Crippen molar-refractivity contribution in [2.45, 2.75) is 51.2 Å². The van der Waals surface area contributed by atoms with E-state index in [2.05, 4.69) is 22.7 Å². The molecule has 1 aromatic carbocycles. The summed E-state index contributed by atoms with van der Waals surface area (Å²) in [6.07, 6.45) is -0.990. The van der Waals surface area contributed by atoms with Crippen LogP contribution in [-0.4, -0.2) is 21.4 Å². The molecule has 0 bridgehead atoms. The lowest BCUT2D eigenvalue weighted by Gasteiger charge is -2.13. The van der Waals surface area contributed by atoms with E-state index >= 15 is 0 Å². The molecule has 0 aliphatic heterocycles.